The molecule has 5 nitrogen and oxygen atoms in total. The van der Waals surface area contributed by atoms with Gasteiger partial charge >= 0.3 is 0 Å². The molecular weight excluding hydrogens is 288 g/mol. The minimum atomic E-state index is -0.156. The van der Waals surface area contributed by atoms with E-state index < -0.39 is 0 Å². The predicted molar refractivity (Wildman–Crippen MR) is 93.4 cm³/mol. The number of hydrogen-bond donors (Lipinski definition) is 1. The molecule has 0 saturated carbocycles. The van der Waals surface area contributed by atoms with Gasteiger partial charge in [-0.3, -0.25) is 9.20 Å². The third-order valence-electron chi connectivity index (χ3n) is 3.81. The van der Waals surface area contributed by atoms with E-state index in [1.165, 1.54) is 0 Å². The molecule has 0 atom stereocenters. The summed E-state index contributed by atoms with van der Waals surface area (Å²) in [5.74, 6) is -0.156. The van der Waals surface area contributed by atoms with Crippen LogP contribution < -0.4 is 10.2 Å². The van der Waals surface area contributed by atoms with Gasteiger partial charge in [0.05, 0.1) is 5.69 Å². The molecule has 0 aliphatic heterocycles. The van der Waals surface area contributed by atoms with Crippen molar-refractivity contribution in [3.8, 4) is 0 Å². The van der Waals surface area contributed by atoms with Crippen LogP contribution in [0.3, 0.4) is 0 Å². The van der Waals surface area contributed by atoms with E-state index in [1.54, 1.807) is 0 Å². The van der Waals surface area contributed by atoms with E-state index in [-0.39, 0.29) is 5.91 Å². The molecule has 1 aromatic carbocycles. The van der Waals surface area contributed by atoms with Crippen LogP contribution >= 0.6 is 0 Å². The minimum absolute atomic E-state index is 0.156. The highest BCUT2D eigenvalue weighted by Crippen LogP contribution is 2.18. The van der Waals surface area contributed by atoms with Crippen molar-refractivity contribution in [3.05, 3.63) is 59.5 Å². The summed E-state index contributed by atoms with van der Waals surface area (Å²) in [4.78, 5) is 19.1. The smallest absolute Gasteiger partial charge is 0.274 e. The van der Waals surface area contributed by atoms with Crippen molar-refractivity contribution in [2.75, 3.05) is 24.3 Å². The van der Waals surface area contributed by atoms with Crippen LogP contribution in [0.15, 0.2) is 42.6 Å². The van der Waals surface area contributed by atoms with Crippen LogP contribution in [0.25, 0.3) is 5.65 Å². The van der Waals surface area contributed by atoms with E-state index in [9.17, 15) is 4.79 Å². The summed E-state index contributed by atoms with van der Waals surface area (Å²) in [5, 5.41) is 2.94. The first-order valence-electron chi connectivity index (χ1n) is 7.50. The summed E-state index contributed by atoms with van der Waals surface area (Å²) >= 11 is 0. The molecule has 2 heterocycles. The van der Waals surface area contributed by atoms with Gasteiger partial charge in [-0.1, -0.05) is 0 Å². The zero-order chi connectivity index (χ0) is 16.6. The number of imidazole rings is 1. The van der Waals surface area contributed by atoms with E-state index in [0.29, 0.717) is 5.69 Å². The molecule has 0 unspecified atom stereocenters. The topological polar surface area (TPSA) is 49.6 Å². The molecular formula is C18H20N4O. The molecule has 1 amide bonds. The van der Waals surface area contributed by atoms with E-state index in [0.717, 1.165) is 28.3 Å². The molecule has 0 saturated heterocycles. The number of amides is 1. The molecule has 5 heteroatoms. The summed E-state index contributed by atoms with van der Waals surface area (Å²) in [6, 6.07) is 11.7. The Morgan fingerprint density at radius 3 is 2.48 bits per heavy atom. The predicted octanol–water partition coefficient (Wildman–Crippen LogP) is 3.27. The monoisotopic (exact) mass is 308 g/mol. The van der Waals surface area contributed by atoms with Gasteiger partial charge in [0.15, 0.2) is 0 Å². The van der Waals surface area contributed by atoms with E-state index >= 15 is 0 Å². The fraction of sp³-hybridized carbons (Fsp3) is 0.222. The first kappa shape index (κ1) is 15.1. The maximum absolute atomic E-state index is 12.6. The largest absolute Gasteiger partial charge is 0.378 e. The number of pyridine rings is 1. The molecule has 118 valence electrons. The average molecular weight is 308 g/mol. The van der Waals surface area contributed by atoms with Crippen LogP contribution in [0, 0.1) is 13.8 Å². The molecule has 0 aliphatic rings. The number of anilines is 2. The molecule has 0 aliphatic carbocycles. The first-order chi connectivity index (χ1) is 11.0. The van der Waals surface area contributed by atoms with Crippen molar-refractivity contribution in [2.45, 2.75) is 13.8 Å². The molecule has 1 N–H and O–H groups in total. The molecule has 0 radical (unpaired) electrons. The minimum Gasteiger partial charge on any atom is -0.378 e. The third kappa shape index (κ3) is 2.90. The Labute approximate surface area is 135 Å². The zero-order valence-corrected chi connectivity index (χ0v) is 13.8. The van der Waals surface area contributed by atoms with Crippen molar-refractivity contribution in [1.82, 2.24) is 9.38 Å². The number of fused-ring (bicyclic) bond motifs is 1. The Kier molecular flexibility index (Phi) is 3.78. The van der Waals surface area contributed by atoms with E-state index in [4.69, 9.17) is 0 Å². The number of nitrogens with one attached hydrogen (secondary N) is 1. The van der Waals surface area contributed by atoms with Gasteiger partial charge in [0, 0.05) is 31.7 Å². The van der Waals surface area contributed by atoms with E-state index in [2.05, 4.69) is 10.3 Å². The Hall–Kier alpha value is -2.82. The van der Waals surface area contributed by atoms with Gasteiger partial charge in [0.2, 0.25) is 0 Å². The molecule has 0 bridgehead atoms. The number of rotatable bonds is 3. The van der Waals surface area contributed by atoms with Crippen molar-refractivity contribution in [3.63, 3.8) is 0 Å². The molecule has 2 aromatic heterocycles. The molecule has 0 spiro atoms. The normalized spacial score (nSPS) is 10.8. The SMILES string of the molecule is Cc1ccn2c(C(=O)Nc3ccc(N(C)C)cc3)c(C)nc2c1. The lowest BCUT2D eigenvalue weighted by atomic mass is 10.2. The maximum atomic E-state index is 12.6. The van der Waals surface area contributed by atoms with Crippen molar-refractivity contribution in [1.29, 1.82) is 0 Å². The van der Waals surface area contributed by atoms with Crippen molar-refractivity contribution in [2.24, 2.45) is 0 Å². The highest BCUT2D eigenvalue weighted by atomic mass is 16.2. The number of benzene rings is 1. The van der Waals surface area contributed by atoms with Crippen LogP contribution in [-0.4, -0.2) is 29.4 Å². The molecule has 3 rings (SSSR count). The first-order valence-corrected chi connectivity index (χ1v) is 7.50. The molecule has 3 aromatic rings. The highest BCUT2D eigenvalue weighted by molar-refractivity contribution is 6.04. The molecule has 23 heavy (non-hydrogen) atoms. The Morgan fingerprint density at radius 1 is 1.13 bits per heavy atom. The van der Waals surface area contributed by atoms with E-state index in [1.807, 2.05) is 79.8 Å². The number of carbonyl (C=O) groups excluding carboxylic acids is 1. The Balaban J connectivity index is 1.90. The van der Waals surface area contributed by atoms with Gasteiger partial charge in [0.25, 0.3) is 5.91 Å². The van der Waals surface area contributed by atoms with Crippen LogP contribution in [0.1, 0.15) is 21.7 Å². The van der Waals surface area contributed by atoms with Gasteiger partial charge < -0.3 is 10.2 Å². The van der Waals surface area contributed by atoms with Gasteiger partial charge in [0.1, 0.15) is 11.3 Å². The van der Waals surface area contributed by atoms with Crippen molar-refractivity contribution < 1.29 is 4.79 Å². The fourth-order valence-corrected chi connectivity index (χ4v) is 2.57. The maximum Gasteiger partial charge on any atom is 0.274 e. The van der Waals surface area contributed by atoms with Crippen LogP contribution in [0.2, 0.25) is 0 Å². The number of carbonyl (C=O) groups is 1. The van der Waals surface area contributed by atoms with Gasteiger partial charge in [-0.05, 0) is 55.8 Å². The number of nitrogens with zero attached hydrogens (tertiary/aromatic N) is 3. The number of aryl methyl sites for hydroxylation is 2. The highest BCUT2D eigenvalue weighted by Gasteiger charge is 2.16. The van der Waals surface area contributed by atoms with Crippen LogP contribution in [0.4, 0.5) is 11.4 Å². The number of hydrogen-bond acceptors (Lipinski definition) is 3. The summed E-state index contributed by atoms with van der Waals surface area (Å²) in [5.41, 5.74) is 5.05. The lowest BCUT2D eigenvalue weighted by Gasteiger charge is -2.13. The summed E-state index contributed by atoms with van der Waals surface area (Å²) in [6.07, 6.45) is 1.88. The second kappa shape index (κ2) is 5.76. The lowest BCUT2D eigenvalue weighted by molar-refractivity contribution is 0.102. The second-order valence-corrected chi connectivity index (χ2v) is 5.87. The van der Waals surface area contributed by atoms with Gasteiger partial charge in [-0.15, -0.1) is 0 Å². The standard InChI is InChI=1S/C18H20N4O/c1-12-9-10-22-16(11-12)19-13(2)17(22)18(23)20-14-5-7-15(8-6-14)21(3)4/h5-11H,1-4H3,(H,20,23). The zero-order valence-electron chi connectivity index (χ0n) is 13.8. The summed E-state index contributed by atoms with van der Waals surface area (Å²) < 4.78 is 1.83. The lowest BCUT2D eigenvalue weighted by Crippen LogP contribution is -2.16. The van der Waals surface area contributed by atoms with Gasteiger partial charge in [-0.2, -0.15) is 0 Å². The van der Waals surface area contributed by atoms with Crippen LogP contribution in [-0.2, 0) is 0 Å². The Bertz CT molecular complexity index is 863. The number of aromatic nitrogens is 2. The van der Waals surface area contributed by atoms with Gasteiger partial charge in [-0.25, -0.2) is 4.98 Å². The third-order valence-corrected chi connectivity index (χ3v) is 3.81. The quantitative estimate of drug-likeness (QED) is 0.808. The average Bonchev–Trinajstić information content (AvgIpc) is 2.82. The molecule has 0 fully saturated rings. The Morgan fingerprint density at radius 2 is 1.83 bits per heavy atom. The van der Waals surface area contributed by atoms with Crippen molar-refractivity contribution >= 4 is 22.9 Å². The summed E-state index contributed by atoms with van der Waals surface area (Å²) in [6.45, 7) is 3.86. The second-order valence-electron chi connectivity index (χ2n) is 5.87. The summed E-state index contributed by atoms with van der Waals surface area (Å²) in [7, 11) is 3.97. The fourth-order valence-electron chi connectivity index (χ4n) is 2.57. The van der Waals surface area contributed by atoms with Crippen LogP contribution in [0.5, 0.6) is 0 Å².